The smallest absolute Gasteiger partial charge is 0.306 e. The van der Waals surface area contributed by atoms with Crippen LogP contribution in [0.5, 0.6) is 0 Å². The van der Waals surface area contributed by atoms with Crippen LogP contribution in [0.1, 0.15) is 60.3 Å². The molecule has 0 spiro atoms. The van der Waals surface area contributed by atoms with Crippen molar-refractivity contribution in [1.29, 1.82) is 0 Å². The van der Waals surface area contributed by atoms with Crippen LogP contribution in [-0.4, -0.2) is 48.4 Å². The molecule has 1 heterocycles. The molecule has 1 aliphatic rings. The molecule has 0 aliphatic carbocycles. The third kappa shape index (κ3) is 8.41. The molecule has 1 aliphatic heterocycles. The number of amides is 3. The van der Waals surface area contributed by atoms with Gasteiger partial charge in [0, 0.05) is 13.0 Å². The lowest BCUT2D eigenvalue weighted by Crippen LogP contribution is -2.54. The average molecular weight is 383 g/mol. The number of ether oxygens (including phenoxy) is 1. The topological polar surface area (TPSA) is 114 Å². The van der Waals surface area contributed by atoms with Crippen molar-refractivity contribution in [2.45, 2.75) is 78.5 Å². The first-order valence-electron chi connectivity index (χ1n) is 9.68. The zero-order chi connectivity index (χ0) is 20.6. The van der Waals surface area contributed by atoms with E-state index in [1.165, 1.54) is 6.92 Å². The maximum Gasteiger partial charge on any atom is 0.306 e. The summed E-state index contributed by atoms with van der Waals surface area (Å²) in [7, 11) is 0. The van der Waals surface area contributed by atoms with Gasteiger partial charge in [-0.3, -0.25) is 19.2 Å². The molecule has 3 N–H and O–H groups in total. The van der Waals surface area contributed by atoms with Gasteiger partial charge in [0.15, 0.2) is 6.10 Å². The first-order valence-corrected chi connectivity index (χ1v) is 9.68. The van der Waals surface area contributed by atoms with Crippen LogP contribution >= 0.6 is 0 Å². The number of nitrogens with one attached hydrogen (secondary N) is 3. The molecule has 8 nitrogen and oxygen atoms in total. The van der Waals surface area contributed by atoms with E-state index in [0.717, 1.165) is 0 Å². The van der Waals surface area contributed by atoms with Crippen LogP contribution in [0.25, 0.3) is 0 Å². The Morgan fingerprint density at radius 1 is 0.926 bits per heavy atom. The van der Waals surface area contributed by atoms with Gasteiger partial charge in [-0.05, 0) is 38.0 Å². The molecule has 1 fully saturated rings. The van der Waals surface area contributed by atoms with Gasteiger partial charge in [0.1, 0.15) is 12.1 Å². The van der Waals surface area contributed by atoms with Gasteiger partial charge in [0.05, 0.1) is 0 Å². The Balaban J connectivity index is 2.96. The minimum atomic E-state index is -0.934. The molecule has 0 aromatic carbocycles. The van der Waals surface area contributed by atoms with Crippen LogP contribution in [0, 0.1) is 11.8 Å². The summed E-state index contributed by atoms with van der Waals surface area (Å²) in [5, 5.41) is 8.05. The second-order valence-electron chi connectivity index (χ2n) is 7.92. The van der Waals surface area contributed by atoms with Crippen molar-refractivity contribution in [3.8, 4) is 0 Å². The van der Waals surface area contributed by atoms with Gasteiger partial charge in [-0.15, -0.1) is 0 Å². The standard InChI is InChI=1S/C19H33N3O5/c1-11(2)9-14-18(25)20-8-6-7-16(23)27-15(10-12(3)4)19(26)21-13(5)17(24)22-14/h11-15H,6-10H2,1-5H3,(H,20,25)(H,21,26)(H,22,24)/t13-,14+,15+/m1/s1. The minimum absolute atomic E-state index is 0.110. The number of carbonyl (C=O) groups excluding carboxylic acids is 4. The van der Waals surface area contributed by atoms with E-state index in [2.05, 4.69) is 16.0 Å². The maximum atomic E-state index is 12.5. The lowest BCUT2D eigenvalue weighted by molar-refractivity contribution is -0.157. The fourth-order valence-electron chi connectivity index (χ4n) is 2.79. The Hall–Kier alpha value is -2.12. The molecule has 27 heavy (non-hydrogen) atoms. The van der Waals surface area contributed by atoms with Crippen molar-refractivity contribution in [2.24, 2.45) is 11.8 Å². The lowest BCUT2D eigenvalue weighted by atomic mass is 10.0. The zero-order valence-corrected chi connectivity index (χ0v) is 17.0. The number of rotatable bonds is 4. The Morgan fingerprint density at radius 3 is 2.15 bits per heavy atom. The van der Waals surface area contributed by atoms with Crippen molar-refractivity contribution in [2.75, 3.05) is 6.54 Å². The summed E-state index contributed by atoms with van der Waals surface area (Å²) < 4.78 is 5.31. The molecule has 3 atom stereocenters. The van der Waals surface area contributed by atoms with Gasteiger partial charge < -0.3 is 20.7 Å². The highest BCUT2D eigenvalue weighted by atomic mass is 16.5. The van der Waals surface area contributed by atoms with Gasteiger partial charge in [0.25, 0.3) is 5.91 Å². The van der Waals surface area contributed by atoms with Crippen molar-refractivity contribution in [1.82, 2.24) is 16.0 Å². The van der Waals surface area contributed by atoms with E-state index in [9.17, 15) is 19.2 Å². The fraction of sp³-hybridized carbons (Fsp3) is 0.789. The molecule has 1 rings (SSSR count). The van der Waals surface area contributed by atoms with Crippen molar-refractivity contribution < 1.29 is 23.9 Å². The first-order chi connectivity index (χ1) is 12.6. The fourth-order valence-corrected chi connectivity index (χ4v) is 2.79. The summed E-state index contributed by atoms with van der Waals surface area (Å²) >= 11 is 0. The molecule has 0 aromatic rings. The minimum Gasteiger partial charge on any atom is -0.452 e. The molecular formula is C19H33N3O5. The summed E-state index contributed by atoms with van der Waals surface area (Å²) in [4.78, 5) is 49.3. The highest BCUT2D eigenvalue weighted by molar-refractivity contribution is 5.93. The highest BCUT2D eigenvalue weighted by Crippen LogP contribution is 2.11. The first kappa shape index (κ1) is 22.9. The summed E-state index contributed by atoms with van der Waals surface area (Å²) in [5.41, 5.74) is 0. The number of hydrogen-bond acceptors (Lipinski definition) is 5. The summed E-state index contributed by atoms with van der Waals surface area (Å²) in [6.45, 7) is 9.61. The highest BCUT2D eigenvalue weighted by Gasteiger charge is 2.29. The van der Waals surface area contributed by atoms with E-state index >= 15 is 0 Å². The molecule has 0 aromatic heterocycles. The molecule has 0 radical (unpaired) electrons. The van der Waals surface area contributed by atoms with Crippen molar-refractivity contribution in [3.63, 3.8) is 0 Å². The Labute approximate surface area is 161 Å². The predicted molar refractivity (Wildman–Crippen MR) is 101 cm³/mol. The normalized spacial score (nSPS) is 26.1. The van der Waals surface area contributed by atoms with Gasteiger partial charge >= 0.3 is 5.97 Å². The van der Waals surface area contributed by atoms with Crippen LogP contribution in [0.15, 0.2) is 0 Å². The van der Waals surface area contributed by atoms with E-state index < -0.39 is 36.0 Å². The molecule has 1 saturated heterocycles. The third-order valence-electron chi connectivity index (χ3n) is 4.20. The van der Waals surface area contributed by atoms with Crippen molar-refractivity contribution in [3.05, 3.63) is 0 Å². The molecule has 8 heteroatoms. The van der Waals surface area contributed by atoms with Gasteiger partial charge in [-0.25, -0.2) is 0 Å². The Kier molecular flexibility index (Phi) is 9.25. The number of carbonyl (C=O) groups is 4. The molecule has 154 valence electrons. The van der Waals surface area contributed by atoms with Gasteiger partial charge in [-0.1, -0.05) is 27.7 Å². The molecule has 0 bridgehead atoms. The zero-order valence-electron chi connectivity index (χ0n) is 17.0. The summed E-state index contributed by atoms with van der Waals surface area (Å²) in [6.07, 6.45) is 0.435. The van der Waals surface area contributed by atoms with Gasteiger partial charge in [-0.2, -0.15) is 0 Å². The second kappa shape index (κ2) is 10.9. The Morgan fingerprint density at radius 2 is 1.56 bits per heavy atom. The molecule has 3 amide bonds. The van der Waals surface area contributed by atoms with Crippen LogP contribution in [0.2, 0.25) is 0 Å². The average Bonchev–Trinajstić information content (AvgIpc) is 2.55. The predicted octanol–water partition coefficient (Wildman–Crippen LogP) is 0.890. The third-order valence-corrected chi connectivity index (χ3v) is 4.20. The molecule has 0 unspecified atom stereocenters. The van der Waals surface area contributed by atoms with Crippen LogP contribution in [0.3, 0.4) is 0 Å². The van der Waals surface area contributed by atoms with E-state index in [0.29, 0.717) is 25.8 Å². The largest absolute Gasteiger partial charge is 0.452 e. The van der Waals surface area contributed by atoms with E-state index in [1.807, 2.05) is 27.7 Å². The number of esters is 1. The molecule has 0 saturated carbocycles. The SMILES string of the molecule is CC(C)C[C@@H]1NC(=O)[C@@H](C)NC(=O)[C@H](CC(C)C)OC(=O)CCCNC1=O. The summed E-state index contributed by atoms with van der Waals surface area (Å²) in [5.74, 6) is -1.38. The van der Waals surface area contributed by atoms with Crippen LogP contribution < -0.4 is 16.0 Å². The van der Waals surface area contributed by atoms with E-state index in [1.54, 1.807) is 0 Å². The quantitative estimate of drug-likeness (QED) is 0.624. The maximum absolute atomic E-state index is 12.5. The van der Waals surface area contributed by atoms with Gasteiger partial charge in [0.2, 0.25) is 11.8 Å². The van der Waals surface area contributed by atoms with Crippen molar-refractivity contribution >= 4 is 23.7 Å². The number of hydrogen-bond donors (Lipinski definition) is 3. The second-order valence-corrected chi connectivity index (χ2v) is 7.92. The van der Waals surface area contributed by atoms with E-state index in [4.69, 9.17) is 4.74 Å². The van der Waals surface area contributed by atoms with Crippen LogP contribution in [-0.2, 0) is 23.9 Å². The van der Waals surface area contributed by atoms with E-state index in [-0.39, 0.29) is 24.2 Å². The monoisotopic (exact) mass is 383 g/mol. The summed E-state index contributed by atoms with van der Waals surface area (Å²) in [6, 6.07) is -1.53. The molecular weight excluding hydrogens is 350 g/mol. The Bertz CT molecular complexity index is 547. The van der Waals surface area contributed by atoms with Crippen LogP contribution in [0.4, 0.5) is 0 Å². The number of cyclic esters (lactones) is 1. The lowest BCUT2D eigenvalue weighted by Gasteiger charge is -2.25.